The number of nitrogens with one attached hydrogen (secondary N) is 1. The highest BCUT2D eigenvalue weighted by molar-refractivity contribution is 7.92. The lowest BCUT2D eigenvalue weighted by atomic mass is 9.83. The number of amides is 1. The van der Waals surface area contributed by atoms with E-state index in [4.69, 9.17) is 16.3 Å². The third-order valence-electron chi connectivity index (χ3n) is 6.54. The predicted molar refractivity (Wildman–Crippen MR) is 133 cm³/mol. The van der Waals surface area contributed by atoms with E-state index in [1.807, 2.05) is 31.2 Å². The topological polar surface area (TPSA) is 75.7 Å². The largest absolute Gasteiger partial charge is 0.487 e. The first-order valence-electron chi connectivity index (χ1n) is 11.4. The van der Waals surface area contributed by atoms with Crippen molar-refractivity contribution in [2.45, 2.75) is 71.1 Å². The molecule has 1 aliphatic rings. The number of carbonyl (C=O) groups is 1. The fourth-order valence-electron chi connectivity index (χ4n) is 4.55. The van der Waals surface area contributed by atoms with E-state index in [0.29, 0.717) is 23.6 Å². The van der Waals surface area contributed by atoms with Crippen LogP contribution >= 0.6 is 11.6 Å². The molecule has 0 fully saturated rings. The zero-order chi connectivity index (χ0) is 24.4. The SMILES string of the molecule is CC[C@@H](C(=O)N[C@@H]1CC(CC)(CC)Oc2ccccc21)N(c1cc(Cl)ccc1C)S(C)(=O)=O. The minimum Gasteiger partial charge on any atom is -0.487 e. The van der Waals surface area contributed by atoms with Crippen LogP contribution in [-0.2, 0) is 14.8 Å². The second-order valence-corrected chi connectivity index (χ2v) is 11.0. The van der Waals surface area contributed by atoms with Crippen molar-refractivity contribution in [3.63, 3.8) is 0 Å². The van der Waals surface area contributed by atoms with Crippen molar-refractivity contribution >= 4 is 33.2 Å². The van der Waals surface area contributed by atoms with Gasteiger partial charge in [-0.1, -0.05) is 56.6 Å². The molecule has 1 amide bonds. The molecule has 2 atom stereocenters. The van der Waals surface area contributed by atoms with Crippen LogP contribution < -0.4 is 14.4 Å². The summed E-state index contributed by atoms with van der Waals surface area (Å²) in [6, 6.07) is 11.6. The van der Waals surface area contributed by atoms with Crippen LogP contribution in [-0.4, -0.2) is 32.2 Å². The summed E-state index contributed by atoms with van der Waals surface area (Å²) in [6.07, 6.45) is 3.65. The second kappa shape index (κ2) is 9.94. The highest BCUT2D eigenvalue weighted by atomic mass is 35.5. The number of fused-ring (bicyclic) bond motifs is 1. The zero-order valence-corrected chi connectivity index (χ0v) is 21.5. The van der Waals surface area contributed by atoms with Crippen molar-refractivity contribution in [1.29, 1.82) is 0 Å². The fourth-order valence-corrected chi connectivity index (χ4v) is 5.98. The van der Waals surface area contributed by atoms with Gasteiger partial charge in [-0.3, -0.25) is 9.10 Å². The van der Waals surface area contributed by atoms with Gasteiger partial charge in [0.15, 0.2) is 0 Å². The van der Waals surface area contributed by atoms with Crippen LogP contribution in [0.2, 0.25) is 5.02 Å². The Labute approximate surface area is 202 Å². The Kier molecular flexibility index (Phi) is 7.64. The number of benzene rings is 2. The average molecular weight is 493 g/mol. The van der Waals surface area contributed by atoms with E-state index in [-0.39, 0.29) is 17.6 Å². The molecule has 6 nitrogen and oxygen atoms in total. The number of anilines is 1. The normalized spacial score (nSPS) is 18.1. The number of hydrogen-bond donors (Lipinski definition) is 1. The van der Waals surface area contributed by atoms with Crippen molar-refractivity contribution in [1.82, 2.24) is 5.32 Å². The number of hydrogen-bond acceptors (Lipinski definition) is 4. The highest BCUT2D eigenvalue weighted by Gasteiger charge is 2.41. The van der Waals surface area contributed by atoms with Crippen LogP contribution in [0.1, 0.15) is 63.6 Å². The van der Waals surface area contributed by atoms with Crippen LogP contribution in [0.25, 0.3) is 0 Å². The molecule has 0 aromatic heterocycles. The number of para-hydroxylation sites is 1. The molecule has 1 heterocycles. The molecule has 2 aromatic carbocycles. The first-order valence-corrected chi connectivity index (χ1v) is 13.6. The Morgan fingerprint density at radius 3 is 2.48 bits per heavy atom. The van der Waals surface area contributed by atoms with E-state index in [0.717, 1.165) is 36.0 Å². The molecule has 3 rings (SSSR count). The van der Waals surface area contributed by atoms with E-state index in [2.05, 4.69) is 19.2 Å². The first-order chi connectivity index (χ1) is 15.5. The standard InChI is InChI=1S/C25H33ClN2O4S/c1-6-21(28(33(5,30)31)22-15-18(26)14-13-17(22)4)24(29)27-20-16-25(7-2,8-3)32-23-12-10-9-11-19(20)23/h9-15,20-21H,6-8,16H2,1-5H3,(H,27,29)/t20-,21+/m1/s1. The molecule has 0 saturated heterocycles. The number of aryl methyl sites for hydroxylation is 1. The van der Waals surface area contributed by atoms with Crippen LogP contribution in [0.15, 0.2) is 42.5 Å². The van der Waals surface area contributed by atoms with Gasteiger partial charge >= 0.3 is 0 Å². The van der Waals surface area contributed by atoms with Gasteiger partial charge in [0.05, 0.1) is 18.0 Å². The van der Waals surface area contributed by atoms with E-state index >= 15 is 0 Å². The van der Waals surface area contributed by atoms with Crippen molar-refractivity contribution in [2.75, 3.05) is 10.6 Å². The van der Waals surface area contributed by atoms with Gasteiger partial charge in [0, 0.05) is 17.0 Å². The Bertz CT molecular complexity index is 1120. The number of ether oxygens (including phenoxy) is 1. The van der Waals surface area contributed by atoms with Gasteiger partial charge in [0.1, 0.15) is 17.4 Å². The van der Waals surface area contributed by atoms with Gasteiger partial charge in [-0.05, 0) is 49.9 Å². The molecule has 0 spiro atoms. The Balaban J connectivity index is 1.99. The monoisotopic (exact) mass is 492 g/mol. The molecule has 33 heavy (non-hydrogen) atoms. The van der Waals surface area contributed by atoms with Gasteiger partial charge in [0.25, 0.3) is 0 Å². The maximum Gasteiger partial charge on any atom is 0.244 e. The number of carbonyl (C=O) groups excluding carboxylic acids is 1. The van der Waals surface area contributed by atoms with Gasteiger partial charge in [-0.25, -0.2) is 8.42 Å². The summed E-state index contributed by atoms with van der Waals surface area (Å²) in [7, 11) is -3.76. The maximum absolute atomic E-state index is 13.6. The van der Waals surface area contributed by atoms with Gasteiger partial charge < -0.3 is 10.1 Å². The third kappa shape index (κ3) is 5.30. The molecule has 0 bridgehead atoms. The predicted octanol–water partition coefficient (Wildman–Crippen LogP) is 5.39. The minimum atomic E-state index is -3.76. The number of sulfonamides is 1. The van der Waals surface area contributed by atoms with Crippen LogP contribution in [0.3, 0.4) is 0 Å². The molecule has 0 radical (unpaired) electrons. The summed E-state index contributed by atoms with van der Waals surface area (Å²) in [5.41, 5.74) is 1.66. The average Bonchev–Trinajstić information content (AvgIpc) is 2.78. The Morgan fingerprint density at radius 2 is 1.88 bits per heavy atom. The molecule has 0 aliphatic carbocycles. The Hall–Kier alpha value is -2.25. The zero-order valence-electron chi connectivity index (χ0n) is 19.9. The van der Waals surface area contributed by atoms with Crippen LogP contribution in [0, 0.1) is 6.92 Å². The third-order valence-corrected chi connectivity index (χ3v) is 7.94. The summed E-state index contributed by atoms with van der Waals surface area (Å²) in [6.45, 7) is 7.78. The second-order valence-electron chi connectivity index (χ2n) is 8.71. The quantitative estimate of drug-likeness (QED) is 0.536. The van der Waals surface area contributed by atoms with Gasteiger partial charge in [0.2, 0.25) is 15.9 Å². The smallest absolute Gasteiger partial charge is 0.244 e. The summed E-state index contributed by atoms with van der Waals surface area (Å²) >= 11 is 6.18. The molecule has 1 aliphatic heterocycles. The molecule has 0 unspecified atom stereocenters. The lowest BCUT2D eigenvalue weighted by Gasteiger charge is -2.42. The van der Waals surface area contributed by atoms with Crippen molar-refractivity contribution < 1.29 is 17.9 Å². The summed E-state index contributed by atoms with van der Waals surface area (Å²) < 4.78 is 33.3. The van der Waals surface area contributed by atoms with Crippen molar-refractivity contribution in [2.24, 2.45) is 0 Å². The van der Waals surface area contributed by atoms with Crippen molar-refractivity contribution in [3.8, 4) is 5.75 Å². The molecule has 8 heteroatoms. The number of rotatable bonds is 8. The van der Waals surface area contributed by atoms with E-state index in [1.165, 1.54) is 4.31 Å². The van der Waals surface area contributed by atoms with Gasteiger partial charge in [-0.15, -0.1) is 0 Å². The fraction of sp³-hybridized carbons (Fsp3) is 0.480. The van der Waals surface area contributed by atoms with Gasteiger partial charge in [-0.2, -0.15) is 0 Å². The number of halogens is 1. The summed E-state index contributed by atoms with van der Waals surface area (Å²) in [5, 5.41) is 3.56. The van der Waals surface area contributed by atoms with E-state index in [9.17, 15) is 13.2 Å². The highest BCUT2D eigenvalue weighted by Crippen LogP contribution is 2.42. The lowest BCUT2D eigenvalue weighted by Crippen LogP contribution is -2.52. The van der Waals surface area contributed by atoms with E-state index in [1.54, 1.807) is 25.1 Å². The maximum atomic E-state index is 13.6. The molecular weight excluding hydrogens is 460 g/mol. The molecular formula is C25H33ClN2O4S. The Morgan fingerprint density at radius 1 is 1.21 bits per heavy atom. The molecule has 1 N–H and O–H groups in total. The summed E-state index contributed by atoms with van der Waals surface area (Å²) in [5.74, 6) is 0.418. The first kappa shape index (κ1) is 25.4. The summed E-state index contributed by atoms with van der Waals surface area (Å²) in [4.78, 5) is 13.6. The molecule has 180 valence electrons. The van der Waals surface area contributed by atoms with Crippen LogP contribution in [0.4, 0.5) is 5.69 Å². The lowest BCUT2D eigenvalue weighted by molar-refractivity contribution is -0.123. The van der Waals surface area contributed by atoms with Crippen molar-refractivity contribution in [3.05, 3.63) is 58.6 Å². The van der Waals surface area contributed by atoms with E-state index < -0.39 is 16.1 Å². The van der Waals surface area contributed by atoms with Crippen LogP contribution in [0.5, 0.6) is 5.75 Å². The molecule has 2 aromatic rings. The molecule has 0 saturated carbocycles. The number of nitrogens with zero attached hydrogens (tertiary/aromatic N) is 1. The minimum absolute atomic E-state index is 0.279.